The molecular formula is C19H20BFO5. The van der Waals surface area contributed by atoms with Crippen LogP contribution in [0.5, 0.6) is 23.0 Å². The summed E-state index contributed by atoms with van der Waals surface area (Å²) in [5.41, 5.74) is 0.0763. The second kappa shape index (κ2) is 5.89. The van der Waals surface area contributed by atoms with Gasteiger partial charge >= 0.3 is 7.12 Å². The highest BCUT2D eigenvalue weighted by Crippen LogP contribution is 2.40. The molecule has 1 fully saturated rings. The molecule has 0 saturated carbocycles. The number of rotatable bonds is 3. The Balaban J connectivity index is 1.51. The molecule has 0 bridgehead atoms. The minimum atomic E-state index is -0.574. The summed E-state index contributed by atoms with van der Waals surface area (Å²) in [6.45, 7) is 8.04. The molecule has 7 heteroatoms. The third-order valence-electron chi connectivity index (χ3n) is 5.08. The summed E-state index contributed by atoms with van der Waals surface area (Å²) in [6, 6.07) is 10.4. The molecule has 0 spiro atoms. The molecule has 5 nitrogen and oxygen atoms in total. The SMILES string of the molecule is CC1(C)OB(c2ccc(Oc3ccc4c(c3F)OCO4)cc2)OC1(C)C. The summed E-state index contributed by atoms with van der Waals surface area (Å²) in [4.78, 5) is 0. The fourth-order valence-electron chi connectivity index (χ4n) is 2.80. The smallest absolute Gasteiger partial charge is 0.454 e. The molecule has 0 aliphatic carbocycles. The maximum absolute atomic E-state index is 14.4. The van der Waals surface area contributed by atoms with Gasteiger partial charge in [-0.15, -0.1) is 0 Å². The predicted molar refractivity (Wildman–Crippen MR) is 94.8 cm³/mol. The topological polar surface area (TPSA) is 46.2 Å². The molecule has 0 N–H and O–H groups in total. The molecule has 26 heavy (non-hydrogen) atoms. The first kappa shape index (κ1) is 17.2. The normalized spacial score (nSPS) is 19.7. The molecule has 2 aliphatic heterocycles. The highest BCUT2D eigenvalue weighted by Gasteiger charge is 2.51. The molecule has 0 unspecified atom stereocenters. The first-order chi connectivity index (χ1) is 12.3. The molecule has 0 aromatic heterocycles. The Morgan fingerprint density at radius 1 is 0.923 bits per heavy atom. The van der Waals surface area contributed by atoms with Crippen molar-refractivity contribution in [2.75, 3.05) is 6.79 Å². The zero-order valence-electron chi connectivity index (χ0n) is 15.2. The van der Waals surface area contributed by atoms with Gasteiger partial charge in [0.2, 0.25) is 18.4 Å². The number of ether oxygens (including phenoxy) is 3. The van der Waals surface area contributed by atoms with Crippen LogP contribution in [0.1, 0.15) is 27.7 Å². The van der Waals surface area contributed by atoms with E-state index in [1.165, 1.54) is 6.07 Å². The van der Waals surface area contributed by atoms with Gasteiger partial charge in [-0.05, 0) is 57.4 Å². The third-order valence-corrected chi connectivity index (χ3v) is 5.08. The molecule has 0 atom stereocenters. The molecule has 1 saturated heterocycles. The van der Waals surface area contributed by atoms with Crippen LogP contribution in [-0.4, -0.2) is 25.1 Å². The molecule has 2 aromatic carbocycles. The standard InChI is InChI=1S/C19H20BFO5/c1-18(2)19(3,4)26-20(25-18)12-5-7-13(8-6-12)24-14-9-10-15-17(16(14)21)23-11-22-15/h5-10H,11H2,1-4H3. The maximum Gasteiger partial charge on any atom is 0.494 e. The van der Waals surface area contributed by atoms with Crippen molar-refractivity contribution in [1.29, 1.82) is 0 Å². The Kier molecular flexibility index (Phi) is 3.89. The van der Waals surface area contributed by atoms with Crippen LogP contribution in [0.4, 0.5) is 4.39 Å². The third kappa shape index (κ3) is 2.81. The molecule has 2 heterocycles. The van der Waals surface area contributed by atoms with Crippen molar-refractivity contribution in [2.24, 2.45) is 0 Å². The van der Waals surface area contributed by atoms with E-state index in [2.05, 4.69) is 0 Å². The van der Waals surface area contributed by atoms with Gasteiger partial charge in [0.15, 0.2) is 11.5 Å². The lowest BCUT2D eigenvalue weighted by atomic mass is 9.79. The van der Waals surface area contributed by atoms with Crippen LogP contribution in [0, 0.1) is 5.82 Å². The zero-order valence-corrected chi connectivity index (χ0v) is 15.2. The molecule has 2 aliphatic rings. The molecule has 136 valence electrons. The van der Waals surface area contributed by atoms with Crippen LogP contribution < -0.4 is 19.7 Å². The molecule has 0 amide bonds. The summed E-state index contributed by atoms with van der Waals surface area (Å²) in [7, 11) is -0.448. The molecule has 2 aromatic rings. The van der Waals surface area contributed by atoms with Crippen molar-refractivity contribution in [3.05, 3.63) is 42.2 Å². The van der Waals surface area contributed by atoms with Crippen LogP contribution >= 0.6 is 0 Å². The largest absolute Gasteiger partial charge is 0.494 e. The first-order valence-corrected chi connectivity index (χ1v) is 8.48. The average Bonchev–Trinajstić information content (AvgIpc) is 3.14. The van der Waals surface area contributed by atoms with Crippen molar-refractivity contribution in [2.45, 2.75) is 38.9 Å². The second-order valence-corrected chi connectivity index (χ2v) is 7.37. The number of fused-ring (bicyclic) bond motifs is 1. The van der Waals surface area contributed by atoms with Gasteiger partial charge in [0.1, 0.15) is 5.75 Å². The van der Waals surface area contributed by atoms with E-state index in [4.69, 9.17) is 23.5 Å². The predicted octanol–water partition coefficient (Wildman–Crippen LogP) is 3.65. The van der Waals surface area contributed by atoms with Gasteiger partial charge in [0.25, 0.3) is 0 Å². The fourth-order valence-corrected chi connectivity index (χ4v) is 2.80. The van der Waals surface area contributed by atoms with E-state index in [1.54, 1.807) is 18.2 Å². The van der Waals surface area contributed by atoms with E-state index >= 15 is 0 Å². The van der Waals surface area contributed by atoms with Crippen LogP contribution in [-0.2, 0) is 9.31 Å². The molecular weight excluding hydrogens is 338 g/mol. The van der Waals surface area contributed by atoms with Gasteiger partial charge in [-0.2, -0.15) is 4.39 Å². The van der Waals surface area contributed by atoms with Crippen LogP contribution in [0.15, 0.2) is 36.4 Å². The first-order valence-electron chi connectivity index (χ1n) is 8.48. The summed E-state index contributed by atoms with van der Waals surface area (Å²) in [5.74, 6) is 0.470. The zero-order chi connectivity index (χ0) is 18.5. The summed E-state index contributed by atoms with van der Waals surface area (Å²) < 4.78 is 42.3. The van der Waals surface area contributed by atoms with Crippen LogP contribution in [0.25, 0.3) is 0 Å². The number of hydrogen-bond donors (Lipinski definition) is 0. The maximum atomic E-state index is 14.4. The van der Waals surface area contributed by atoms with Crippen molar-refractivity contribution in [3.63, 3.8) is 0 Å². The Hall–Kier alpha value is -2.25. The number of halogens is 1. The lowest BCUT2D eigenvalue weighted by Crippen LogP contribution is -2.41. The average molecular weight is 358 g/mol. The lowest BCUT2D eigenvalue weighted by Gasteiger charge is -2.32. The fraction of sp³-hybridized carbons (Fsp3) is 0.368. The molecule has 0 radical (unpaired) electrons. The van der Waals surface area contributed by atoms with Gasteiger partial charge in [0.05, 0.1) is 11.2 Å². The Morgan fingerprint density at radius 3 is 2.23 bits per heavy atom. The number of hydrogen-bond acceptors (Lipinski definition) is 5. The quantitative estimate of drug-likeness (QED) is 0.784. The summed E-state index contributed by atoms with van der Waals surface area (Å²) in [5, 5.41) is 0. The van der Waals surface area contributed by atoms with Gasteiger partial charge in [0, 0.05) is 0 Å². The second-order valence-electron chi connectivity index (χ2n) is 7.37. The highest BCUT2D eigenvalue weighted by molar-refractivity contribution is 6.62. The monoisotopic (exact) mass is 358 g/mol. The van der Waals surface area contributed by atoms with Gasteiger partial charge in [-0.3, -0.25) is 0 Å². The van der Waals surface area contributed by atoms with E-state index in [-0.39, 0.29) is 18.3 Å². The van der Waals surface area contributed by atoms with E-state index in [1.807, 2.05) is 39.8 Å². The summed E-state index contributed by atoms with van der Waals surface area (Å²) in [6.07, 6.45) is 0. The van der Waals surface area contributed by atoms with Gasteiger partial charge < -0.3 is 23.5 Å². The van der Waals surface area contributed by atoms with Crippen molar-refractivity contribution in [3.8, 4) is 23.0 Å². The van der Waals surface area contributed by atoms with Crippen LogP contribution in [0.3, 0.4) is 0 Å². The minimum absolute atomic E-state index is 0.0124. The Morgan fingerprint density at radius 2 is 1.58 bits per heavy atom. The Bertz CT molecular complexity index is 819. The van der Waals surface area contributed by atoms with E-state index < -0.39 is 24.1 Å². The van der Waals surface area contributed by atoms with Crippen molar-refractivity contribution < 1.29 is 27.9 Å². The van der Waals surface area contributed by atoms with E-state index in [0.717, 1.165) is 5.46 Å². The Labute approximate surface area is 152 Å². The van der Waals surface area contributed by atoms with Gasteiger partial charge in [-0.1, -0.05) is 12.1 Å². The highest BCUT2D eigenvalue weighted by atomic mass is 19.1. The number of benzene rings is 2. The van der Waals surface area contributed by atoms with Gasteiger partial charge in [-0.25, -0.2) is 0 Å². The van der Waals surface area contributed by atoms with E-state index in [9.17, 15) is 4.39 Å². The van der Waals surface area contributed by atoms with Crippen molar-refractivity contribution in [1.82, 2.24) is 0 Å². The lowest BCUT2D eigenvalue weighted by molar-refractivity contribution is 0.00578. The molecule has 4 rings (SSSR count). The summed E-state index contributed by atoms with van der Waals surface area (Å²) >= 11 is 0. The van der Waals surface area contributed by atoms with Crippen LogP contribution in [0.2, 0.25) is 0 Å². The van der Waals surface area contributed by atoms with Crippen molar-refractivity contribution >= 4 is 12.6 Å². The van der Waals surface area contributed by atoms with E-state index in [0.29, 0.717) is 11.5 Å². The minimum Gasteiger partial charge on any atom is -0.454 e.